The molecule has 5 rings (SSSR count). The average molecular weight is 370 g/mol. The van der Waals surface area contributed by atoms with Crippen molar-refractivity contribution >= 4 is 44.1 Å². The molecule has 5 aromatic rings. The Labute approximate surface area is 159 Å². The zero-order valence-electron chi connectivity index (χ0n) is 14.2. The summed E-state index contributed by atoms with van der Waals surface area (Å²) in [5, 5.41) is 4.74. The third kappa shape index (κ3) is 2.98. The van der Waals surface area contributed by atoms with Crippen LogP contribution >= 0.6 is 11.3 Å². The minimum absolute atomic E-state index is 0.271. The van der Waals surface area contributed by atoms with Gasteiger partial charge in [0.1, 0.15) is 10.6 Å². The molecule has 27 heavy (non-hydrogen) atoms. The smallest absolute Gasteiger partial charge is 0.291 e. The van der Waals surface area contributed by atoms with Gasteiger partial charge in [0.05, 0.1) is 10.2 Å². The number of fused-ring (bicyclic) bond motifs is 2. The summed E-state index contributed by atoms with van der Waals surface area (Å²) in [5.41, 5.74) is 3.36. The van der Waals surface area contributed by atoms with E-state index >= 15 is 0 Å². The fraction of sp³-hybridized carbons (Fsp3) is 0. The van der Waals surface area contributed by atoms with E-state index in [0.717, 1.165) is 26.2 Å². The minimum Gasteiger partial charge on any atom is -0.451 e. The lowest BCUT2D eigenvalue weighted by molar-refractivity contribution is 0.0998. The van der Waals surface area contributed by atoms with Crippen molar-refractivity contribution in [2.45, 2.75) is 0 Å². The first kappa shape index (κ1) is 15.8. The molecule has 0 aliphatic carbocycles. The van der Waals surface area contributed by atoms with Crippen LogP contribution in [-0.2, 0) is 0 Å². The van der Waals surface area contributed by atoms with Gasteiger partial charge in [0.25, 0.3) is 5.91 Å². The molecule has 0 aliphatic heterocycles. The molecule has 4 nitrogen and oxygen atoms in total. The predicted octanol–water partition coefficient (Wildman–Crippen LogP) is 5.96. The first-order valence-corrected chi connectivity index (χ1v) is 9.34. The number of nitrogens with zero attached hydrogens (tertiary/aromatic N) is 1. The summed E-state index contributed by atoms with van der Waals surface area (Å²) in [6.45, 7) is 0. The van der Waals surface area contributed by atoms with Crippen molar-refractivity contribution in [2.24, 2.45) is 0 Å². The van der Waals surface area contributed by atoms with Gasteiger partial charge in [0.2, 0.25) is 0 Å². The molecular formula is C22H14N2O2S. The highest BCUT2D eigenvalue weighted by Crippen LogP contribution is 2.31. The monoisotopic (exact) mass is 370 g/mol. The normalized spacial score (nSPS) is 11.1. The van der Waals surface area contributed by atoms with Crippen molar-refractivity contribution in [1.29, 1.82) is 0 Å². The lowest BCUT2D eigenvalue weighted by Crippen LogP contribution is -2.10. The molecule has 0 saturated heterocycles. The average Bonchev–Trinajstić information content (AvgIpc) is 3.32. The third-order valence-electron chi connectivity index (χ3n) is 4.31. The number of aromatic nitrogens is 1. The third-order valence-corrected chi connectivity index (χ3v) is 5.40. The summed E-state index contributed by atoms with van der Waals surface area (Å²) in [6.07, 6.45) is 0. The number of rotatable bonds is 3. The van der Waals surface area contributed by atoms with Crippen LogP contribution in [0.2, 0.25) is 0 Å². The van der Waals surface area contributed by atoms with Crippen LogP contribution in [0.1, 0.15) is 10.6 Å². The van der Waals surface area contributed by atoms with Crippen LogP contribution in [0.4, 0.5) is 5.69 Å². The maximum absolute atomic E-state index is 12.6. The number of benzene rings is 3. The van der Waals surface area contributed by atoms with Gasteiger partial charge in [-0.15, -0.1) is 11.3 Å². The second-order valence-corrected chi connectivity index (χ2v) is 7.20. The van der Waals surface area contributed by atoms with Crippen LogP contribution in [0.25, 0.3) is 31.8 Å². The maximum atomic E-state index is 12.6. The molecule has 0 saturated carbocycles. The molecule has 0 radical (unpaired) electrons. The molecule has 0 unspecified atom stereocenters. The fourth-order valence-electron chi connectivity index (χ4n) is 3.01. The van der Waals surface area contributed by atoms with Gasteiger partial charge < -0.3 is 9.73 Å². The molecular weight excluding hydrogens is 356 g/mol. The van der Waals surface area contributed by atoms with E-state index in [0.29, 0.717) is 17.0 Å². The van der Waals surface area contributed by atoms with Gasteiger partial charge in [-0.25, -0.2) is 4.98 Å². The van der Waals surface area contributed by atoms with E-state index in [2.05, 4.69) is 16.4 Å². The van der Waals surface area contributed by atoms with Crippen LogP contribution in [-0.4, -0.2) is 10.9 Å². The summed E-state index contributed by atoms with van der Waals surface area (Å²) in [6, 6.07) is 25.1. The standard InChI is InChI=1S/C22H14N2O2S/c25-21(19-13-14-6-1-3-10-18(14)26-19)23-16-8-5-7-15(12-16)22-24-17-9-2-4-11-20(17)27-22/h1-13H,(H,23,25). The SMILES string of the molecule is O=C(Nc1cccc(-c2nc3ccccc3s2)c1)c1cc2ccccc2o1. The Morgan fingerprint density at radius 3 is 2.67 bits per heavy atom. The molecule has 3 aromatic carbocycles. The van der Waals surface area contributed by atoms with E-state index in [9.17, 15) is 4.79 Å². The van der Waals surface area contributed by atoms with E-state index in [1.165, 1.54) is 0 Å². The predicted molar refractivity (Wildman–Crippen MR) is 109 cm³/mol. The van der Waals surface area contributed by atoms with Gasteiger partial charge in [-0.05, 0) is 36.4 Å². The van der Waals surface area contributed by atoms with Crippen LogP contribution in [0.5, 0.6) is 0 Å². The zero-order chi connectivity index (χ0) is 18.2. The quantitative estimate of drug-likeness (QED) is 0.426. The second kappa shape index (κ2) is 6.37. The molecule has 2 heterocycles. The van der Waals surface area contributed by atoms with E-state index in [-0.39, 0.29) is 5.91 Å². The second-order valence-electron chi connectivity index (χ2n) is 6.17. The number of para-hydroxylation sites is 2. The van der Waals surface area contributed by atoms with Crippen molar-refractivity contribution in [3.8, 4) is 10.6 Å². The molecule has 5 heteroatoms. The van der Waals surface area contributed by atoms with Crippen LogP contribution in [0.3, 0.4) is 0 Å². The van der Waals surface area contributed by atoms with E-state index in [4.69, 9.17) is 4.42 Å². The molecule has 0 aliphatic rings. The molecule has 1 amide bonds. The molecule has 2 aromatic heterocycles. The zero-order valence-corrected chi connectivity index (χ0v) is 15.0. The summed E-state index contributed by atoms with van der Waals surface area (Å²) >= 11 is 1.63. The summed E-state index contributed by atoms with van der Waals surface area (Å²) < 4.78 is 6.78. The first-order chi connectivity index (χ1) is 13.3. The van der Waals surface area contributed by atoms with Crippen molar-refractivity contribution in [3.05, 3.63) is 84.6 Å². The van der Waals surface area contributed by atoms with Gasteiger partial charge in [-0.1, -0.05) is 42.5 Å². The number of hydrogen-bond donors (Lipinski definition) is 1. The highest BCUT2D eigenvalue weighted by Gasteiger charge is 2.13. The molecule has 0 spiro atoms. The Morgan fingerprint density at radius 2 is 1.78 bits per heavy atom. The minimum atomic E-state index is -0.271. The number of nitrogens with one attached hydrogen (secondary N) is 1. The van der Waals surface area contributed by atoms with E-state index in [1.807, 2.05) is 66.7 Å². The number of thiazole rings is 1. The van der Waals surface area contributed by atoms with Gasteiger partial charge in [-0.3, -0.25) is 4.79 Å². The molecule has 0 atom stereocenters. The van der Waals surface area contributed by atoms with Crippen LogP contribution < -0.4 is 5.32 Å². The number of amides is 1. The molecule has 0 bridgehead atoms. The van der Waals surface area contributed by atoms with E-state index < -0.39 is 0 Å². The van der Waals surface area contributed by atoms with Crippen molar-refractivity contribution in [1.82, 2.24) is 4.98 Å². The fourth-order valence-corrected chi connectivity index (χ4v) is 3.97. The van der Waals surface area contributed by atoms with Crippen LogP contribution in [0.15, 0.2) is 83.3 Å². The number of furan rings is 1. The summed E-state index contributed by atoms with van der Waals surface area (Å²) in [5.74, 6) is 0.0224. The topological polar surface area (TPSA) is 55.1 Å². The number of hydrogen-bond acceptors (Lipinski definition) is 4. The number of carbonyl (C=O) groups is 1. The Kier molecular flexibility index (Phi) is 3.73. The molecule has 130 valence electrons. The largest absolute Gasteiger partial charge is 0.451 e. The number of carbonyl (C=O) groups excluding carboxylic acids is 1. The Morgan fingerprint density at radius 1 is 0.926 bits per heavy atom. The van der Waals surface area contributed by atoms with Gasteiger partial charge >= 0.3 is 0 Å². The lowest BCUT2D eigenvalue weighted by Gasteiger charge is -2.04. The highest BCUT2D eigenvalue weighted by atomic mass is 32.1. The summed E-state index contributed by atoms with van der Waals surface area (Å²) in [4.78, 5) is 17.2. The molecule has 1 N–H and O–H groups in total. The number of anilines is 1. The van der Waals surface area contributed by atoms with Crippen molar-refractivity contribution in [3.63, 3.8) is 0 Å². The summed E-state index contributed by atoms with van der Waals surface area (Å²) in [7, 11) is 0. The first-order valence-electron chi connectivity index (χ1n) is 8.52. The van der Waals surface area contributed by atoms with E-state index in [1.54, 1.807) is 17.4 Å². The van der Waals surface area contributed by atoms with Gasteiger partial charge in [0, 0.05) is 16.6 Å². The van der Waals surface area contributed by atoms with Crippen molar-refractivity contribution in [2.75, 3.05) is 5.32 Å². The van der Waals surface area contributed by atoms with Crippen molar-refractivity contribution < 1.29 is 9.21 Å². The Hall–Kier alpha value is -3.44. The van der Waals surface area contributed by atoms with Gasteiger partial charge in [-0.2, -0.15) is 0 Å². The van der Waals surface area contributed by atoms with Crippen LogP contribution in [0, 0.1) is 0 Å². The highest BCUT2D eigenvalue weighted by molar-refractivity contribution is 7.21. The Balaban J connectivity index is 1.43. The Bertz CT molecular complexity index is 1220. The molecule has 0 fully saturated rings. The maximum Gasteiger partial charge on any atom is 0.291 e. The lowest BCUT2D eigenvalue weighted by atomic mass is 10.2. The van der Waals surface area contributed by atoms with Gasteiger partial charge in [0.15, 0.2) is 5.76 Å².